The Morgan fingerprint density at radius 2 is 1.74 bits per heavy atom. The molecule has 0 saturated carbocycles. The zero-order valence-electron chi connectivity index (χ0n) is 20.7. The molecule has 0 aliphatic carbocycles. The van der Waals surface area contributed by atoms with Crippen molar-refractivity contribution in [3.05, 3.63) is 58.4 Å². The lowest BCUT2D eigenvalue weighted by Crippen LogP contribution is -2.14. The van der Waals surface area contributed by atoms with Gasteiger partial charge < -0.3 is 34.7 Å². The maximum atomic E-state index is 12.5. The molecule has 204 valence electrons. The third-order valence-electron chi connectivity index (χ3n) is 4.91. The van der Waals surface area contributed by atoms with Crippen LogP contribution < -0.4 is 15.4 Å². The number of aliphatic hydroxyl groups excluding tert-OH is 1. The highest BCUT2D eigenvalue weighted by Gasteiger charge is 2.13. The molecule has 3 rings (SSSR count). The Morgan fingerprint density at radius 3 is 2.45 bits per heavy atom. The van der Waals surface area contributed by atoms with Gasteiger partial charge in [0.05, 0.1) is 57.5 Å². The van der Waals surface area contributed by atoms with E-state index in [0.29, 0.717) is 67.7 Å². The second-order valence-electron chi connectivity index (χ2n) is 7.68. The van der Waals surface area contributed by atoms with Crippen molar-refractivity contribution in [1.29, 1.82) is 0 Å². The highest BCUT2D eigenvalue weighted by Crippen LogP contribution is 2.33. The van der Waals surface area contributed by atoms with Gasteiger partial charge in [-0.25, -0.2) is 9.97 Å². The summed E-state index contributed by atoms with van der Waals surface area (Å²) >= 11 is 5.53. The molecule has 0 atom stereocenters. The number of aliphatic hydroxyl groups is 1. The first-order valence-corrected chi connectivity index (χ1v) is 14.1. The Hall–Kier alpha value is -2.36. The molecule has 0 aliphatic heterocycles. The maximum Gasteiger partial charge on any atom is 0.248 e. The van der Waals surface area contributed by atoms with Gasteiger partial charge in [-0.2, -0.15) is 0 Å². The Morgan fingerprint density at radius 1 is 1.00 bits per heavy atom. The minimum absolute atomic E-state index is 0.00255. The predicted octanol–water partition coefficient (Wildman–Crippen LogP) is 4.29. The van der Waals surface area contributed by atoms with Gasteiger partial charge in [0.2, 0.25) is 5.91 Å². The van der Waals surface area contributed by atoms with Crippen LogP contribution in [0.5, 0.6) is 5.75 Å². The minimum atomic E-state index is -0.283. The number of aromatic nitrogens is 2. The summed E-state index contributed by atoms with van der Waals surface area (Å²) in [5, 5.41) is 16.2. The summed E-state index contributed by atoms with van der Waals surface area (Å²) in [6.07, 6.45) is 4.64. The molecule has 0 fully saturated rings. The van der Waals surface area contributed by atoms with Crippen molar-refractivity contribution >= 4 is 72.5 Å². The van der Waals surface area contributed by atoms with Crippen molar-refractivity contribution in [2.75, 3.05) is 68.8 Å². The number of benzene rings is 2. The highest BCUT2D eigenvalue weighted by atomic mass is 127. The van der Waals surface area contributed by atoms with Gasteiger partial charge in [0, 0.05) is 32.1 Å². The third kappa shape index (κ3) is 10.4. The van der Waals surface area contributed by atoms with Crippen molar-refractivity contribution in [2.45, 2.75) is 0 Å². The average molecular weight is 701 g/mol. The number of nitrogens with one attached hydrogen (secondary N) is 2. The van der Waals surface area contributed by atoms with E-state index in [1.54, 1.807) is 18.2 Å². The van der Waals surface area contributed by atoms with Crippen LogP contribution in [0.15, 0.2) is 54.9 Å². The molecule has 12 heteroatoms. The number of allylic oxidation sites excluding steroid dienone is 1. The lowest BCUT2D eigenvalue weighted by Gasteiger charge is -2.15. The summed E-state index contributed by atoms with van der Waals surface area (Å²) in [5.74, 6) is 0.798. The number of nitrogens with zero attached hydrogens (tertiary/aromatic N) is 2. The van der Waals surface area contributed by atoms with Crippen LogP contribution in [-0.4, -0.2) is 79.2 Å². The van der Waals surface area contributed by atoms with Gasteiger partial charge in [0.25, 0.3) is 0 Å². The van der Waals surface area contributed by atoms with E-state index in [2.05, 4.69) is 59.1 Å². The molecular weight excluding hydrogens is 671 g/mol. The summed E-state index contributed by atoms with van der Waals surface area (Å²) < 4.78 is 23.1. The molecule has 1 aromatic heterocycles. The zero-order chi connectivity index (χ0) is 27.0. The van der Waals surface area contributed by atoms with Crippen LogP contribution in [-0.2, 0) is 19.0 Å². The molecule has 1 amide bonds. The fourth-order valence-electron chi connectivity index (χ4n) is 3.25. The van der Waals surface area contributed by atoms with Crippen molar-refractivity contribution in [3.63, 3.8) is 0 Å². The average Bonchev–Trinajstić information content (AvgIpc) is 2.91. The number of fused-ring (bicyclic) bond motifs is 1. The summed E-state index contributed by atoms with van der Waals surface area (Å²) in [6.45, 7) is 2.60. The molecule has 38 heavy (non-hydrogen) atoms. The SMILES string of the molecule is O=C(/C=C/CBr)Nc1cc2c(Nc3cccc(I)c3)ncnc2cc1OCCOCCOCCOCCO. The number of carbonyl (C=O) groups excluding carboxylic acids is 1. The number of amides is 1. The van der Waals surface area contributed by atoms with Gasteiger partial charge in [-0.1, -0.05) is 28.1 Å². The van der Waals surface area contributed by atoms with E-state index < -0.39 is 0 Å². The molecule has 1 heterocycles. The van der Waals surface area contributed by atoms with Gasteiger partial charge in [0.1, 0.15) is 24.5 Å². The monoisotopic (exact) mass is 700 g/mol. The number of carbonyl (C=O) groups is 1. The first-order valence-electron chi connectivity index (χ1n) is 11.9. The third-order valence-corrected chi connectivity index (χ3v) is 5.95. The van der Waals surface area contributed by atoms with E-state index in [4.69, 9.17) is 24.1 Å². The molecule has 0 unspecified atom stereocenters. The Balaban J connectivity index is 1.66. The van der Waals surface area contributed by atoms with Crippen molar-refractivity contribution in [1.82, 2.24) is 9.97 Å². The maximum absolute atomic E-state index is 12.5. The summed E-state index contributed by atoms with van der Waals surface area (Å²) in [6, 6.07) is 11.5. The van der Waals surface area contributed by atoms with Gasteiger partial charge in [-0.3, -0.25) is 4.79 Å². The number of ether oxygens (including phenoxy) is 4. The predicted molar refractivity (Wildman–Crippen MR) is 159 cm³/mol. The van der Waals surface area contributed by atoms with E-state index in [-0.39, 0.29) is 19.1 Å². The lowest BCUT2D eigenvalue weighted by molar-refractivity contribution is -0.111. The molecule has 3 aromatic rings. The van der Waals surface area contributed by atoms with Crippen LogP contribution in [0.3, 0.4) is 0 Å². The first kappa shape index (κ1) is 30.2. The van der Waals surface area contributed by atoms with E-state index in [9.17, 15) is 4.79 Å². The van der Waals surface area contributed by atoms with Gasteiger partial charge in [0.15, 0.2) is 0 Å². The quantitative estimate of drug-likeness (QED) is 0.0819. The highest BCUT2D eigenvalue weighted by molar-refractivity contribution is 14.1. The largest absolute Gasteiger partial charge is 0.489 e. The molecule has 0 spiro atoms. The van der Waals surface area contributed by atoms with Crippen LogP contribution in [0.1, 0.15) is 0 Å². The number of anilines is 3. The summed E-state index contributed by atoms with van der Waals surface area (Å²) in [4.78, 5) is 21.3. The van der Waals surface area contributed by atoms with E-state index in [0.717, 1.165) is 14.6 Å². The van der Waals surface area contributed by atoms with E-state index >= 15 is 0 Å². The second kappa shape index (κ2) is 17.3. The number of hydrogen-bond donors (Lipinski definition) is 3. The Kier molecular flexibility index (Phi) is 13.7. The normalized spacial score (nSPS) is 11.2. The molecule has 0 aliphatic rings. The number of alkyl halides is 1. The van der Waals surface area contributed by atoms with Crippen LogP contribution in [0.25, 0.3) is 10.9 Å². The van der Waals surface area contributed by atoms with Crippen LogP contribution >= 0.6 is 38.5 Å². The summed E-state index contributed by atoms with van der Waals surface area (Å²) in [5.41, 5.74) is 2.05. The topological polar surface area (TPSA) is 124 Å². The fourth-order valence-corrected chi connectivity index (χ4v) is 3.98. The van der Waals surface area contributed by atoms with Crippen LogP contribution in [0.4, 0.5) is 17.2 Å². The lowest BCUT2D eigenvalue weighted by atomic mass is 10.1. The number of halogens is 2. The van der Waals surface area contributed by atoms with Gasteiger partial charge in [-0.15, -0.1) is 0 Å². The fraction of sp³-hybridized carbons (Fsp3) is 0.346. The zero-order valence-corrected chi connectivity index (χ0v) is 24.4. The number of rotatable bonds is 17. The molecule has 10 nitrogen and oxygen atoms in total. The Labute approximate surface area is 243 Å². The van der Waals surface area contributed by atoms with E-state index in [1.807, 2.05) is 24.3 Å². The molecule has 0 radical (unpaired) electrons. The van der Waals surface area contributed by atoms with Crippen molar-refractivity contribution in [2.24, 2.45) is 0 Å². The Bertz CT molecular complexity index is 1200. The van der Waals surface area contributed by atoms with E-state index in [1.165, 1.54) is 12.4 Å². The molecule has 2 aromatic carbocycles. The molecule has 0 saturated heterocycles. The van der Waals surface area contributed by atoms with Crippen molar-refractivity contribution in [3.8, 4) is 5.75 Å². The molecule has 0 bridgehead atoms. The molecule has 3 N–H and O–H groups in total. The van der Waals surface area contributed by atoms with Crippen molar-refractivity contribution < 1.29 is 28.8 Å². The van der Waals surface area contributed by atoms with Crippen LogP contribution in [0, 0.1) is 3.57 Å². The van der Waals surface area contributed by atoms with Gasteiger partial charge in [-0.05, 0) is 46.9 Å². The first-order chi connectivity index (χ1) is 18.6. The minimum Gasteiger partial charge on any atom is -0.489 e. The smallest absolute Gasteiger partial charge is 0.248 e. The number of hydrogen-bond acceptors (Lipinski definition) is 9. The van der Waals surface area contributed by atoms with Crippen LogP contribution in [0.2, 0.25) is 0 Å². The summed E-state index contributed by atoms with van der Waals surface area (Å²) in [7, 11) is 0. The molecular formula is C26H30BrIN4O6. The second-order valence-corrected chi connectivity index (χ2v) is 9.57. The van der Waals surface area contributed by atoms with Gasteiger partial charge >= 0.3 is 0 Å². The standard InChI is InChI=1S/C26H30BrIN4O6/c27-6-2-5-25(34)32-23-16-21-22(29-18-30-26(21)31-20-4-1-3-19(28)15-20)17-24(23)38-14-13-37-12-11-36-10-9-35-8-7-33/h1-5,15-18,33H,6-14H2,(H,32,34)(H,29,30,31)/b5-2+.